The van der Waals surface area contributed by atoms with E-state index in [4.69, 9.17) is 16.7 Å². The number of halogens is 1. The molecule has 4 nitrogen and oxygen atoms in total. The van der Waals surface area contributed by atoms with E-state index in [9.17, 15) is 9.59 Å². The number of carboxylic acids is 1. The predicted molar refractivity (Wildman–Crippen MR) is 84.6 cm³/mol. The maximum absolute atomic E-state index is 12.1. The van der Waals surface area contributed by atoms with Gasteiger partial charge < -0.3 is 10.0 Å². The lowest BCUT2D eigenvalue weighted by Crippen LogP contribution is -2.30. The van der Waals surface area contributed by atoms with Crippen LogP contribution in [-0.2, 0) is 15.3 Å². The molecule has 1 aromatic carbocycles. The van der Waals surface area contributed by atoms with E-state index in [1.807, 2.05) is 24.3 Å². The summed E-state index contributed by atoms with van der Waals surface area (Å²) in [5.74, 6) is 0.624. The zero-order valence-electron chi connectivity index (χ0n) is 11.6. The minimum Gasteiger partial charge on any atom is -0.481 e. The number of aliphatic carboxylic acids is 1. The van der Waals surface area contributed by atoms with Crippen LogP contribution in [0.4, 0.5) is 0 Å². The summed E-state index contributed by atoms with van der Waals surface area (Å²) < 4.78 is 0. The van der Waals surface area contributed by atoms with E-state index >= 15 is 0 Å². The molecule has 1 atom stereocenters. The van der Waals surface area contributed by atoms with Gasteiger partial charge in [0, 0.05) is 30.3 Å². The molecule has 1 saturated heterocycles. The number of amides is 1. The molecule has 114 valence electrons. The highest BCUT2D eigenvalue weighted by Gasteiger charge is 2.27. The second kappa shape index (κ2) is 7.71. The average Bonchev–Trinajstić information content (AvgIpc) is 2.88. The van der Waals surface area contributed by atoms with Crippen molar-refractivity contribution in [1.29, 1.82) is 0 Å². The number of benzene rings is 1. The van der Waals surface area contributed by atoms with Crippen molar-refractivity contribution in [2.75, 3.05) is 18.8 Å². The third kappa shape index (κ3) is 5.25. The number of hydrogen-bond donors (Lipinski definition) is 1. The molecule has 1 heterocycles. The van der Waals surface area contributed by atoms with Crippen molar-refractivity contribution in [3.05, 3.63) is 34.9 Å². The Morgan fingerprint density at radius 1 is 1.33 bits per heavy atom. The molecule has 0 bridgehead atoms. The molecule has 2 rings (SSSR count). The normalized spacial score (nSPS) is 18.0. The molecular weight excluding hydrogens is 310 g/mol. The van der Waals surface area contributed by atoms with E-state index in [0.717, 1.165) is 17.7 Å². The second-order valence-electron chi connectivity index (χ2n) is 5.21. The highest BCUT2D eigenvalue weighted by Crippen LogP contribution is 2.21. The van der Waals surface area contributed by atoms with Crippen LogP contribution in [0.2, 0.25) is 5.02 Å². The fourth-order valence-electron chi connectivity index (χ4n) is 2.40. The molecule has 1 N–H and O–H groups in total. The first-order valence-corrected chi connectivity index (χ1v) is 8.39. The quantitative estimate of drug-likeness (QED) is 0.872. The number of hydrogen-bond acceptors (Lipinski definition) is 3. The predicted octanol–water partition coefficient (Wildman–Crippen LogP) is 2.90. The molecular formula is C15H18ClNO3S. The zero-order chi connectivity index (χ0) is 15.2. The van der Waals surface area contributed by atoms with Crippen LogP contribution in [0.3, 0.4) is 0 Å². The molecule has 0 saturated carbocycles. The number of carbonyl (C=O) groups excluding carboxylic acids is 1. The van der Waals surface area contributed by atoms with Gasteiger partial charge in [0.15, 0.2) is 0 Å². The molecule has 1 amide bonds. The zero-order valence-corrected chi connectivity index (χ0v) is 13.2. The molecule has 0 aliphatic carbocycles. The molecule has 1 unspecified atom stereocenters. The number of carboxylic acid groups (broad SMARTS) is 1. The van der Waals surface area contributed by atoms with E-state index in [-0.39, 0.29) is 18.2 Å². The third-order valence-corrected chi connectivity index (χ3v) is 4.75. The topological polar surface area (TPSA) is 57.6 Å². The first-order chi connectivity index (χ1) is 10.0. The molecule has 1 aromatic rings. The van der Waals surface area contributed by atoms with Gasteiger partial charge in [-0.3, -0.25) is 9.59 Å². The summed E-state index contributed by atoms with van der Waals surface area (Å²) in [6.07, 6.45) is 0.946. The van der Waals surface area contributed by atoms with Crippen molar-refractivity contribution >= 4 is 35.2 Å². The number of nitrogens with zero attached hydrogens (tertiary/aromatic N) is 1. The first-order valence-electron chi connectivity index (χ1n) is 6.86. The van der Waals surface area contributed by atoms with Gasteiger partial charge in [-0.15, -0.1) is 11.8 Å². The van der Waals surface area contributed by atoms with Crippen LogP contribution in [0.15, 0.2) is 24.3 Å². The van der Waals surface area contributed by atoms with E-state index in [2.05, 4.69) is 0 Å². The average molecular weight is 328 g/mol. The van der Waals surface area contributed by atoms with Gasteiger partial charge in [0.25, 0.3) is 0 Å². The molecule has 1 aliphatic heterocycles. The Hall–Kier alpha value is -1.20. The lowest BCUT2D eigenvalue weighted by atomic mass is 10.1. The van der Waals surface area contributed by atoms with E-state index in [1.165, 1.54) is 0 Å². The standard InChI is InChI=1S/C15H18ClNO3S/c16-13-3-1-11(2-4-13)9-21-10-14(18)17-6-5-12(8-17)7-15(19)20/h1-4,12H,5-10H2,(H,19,20). The van der Waals surface area contributed by atoms with E-state index in [0.29, 0.717) is 23.9 Å². The summed E-state index contributed by atoms with van der Waals surface area (Å²) in [6.45, 7) is 1.25. The summed E-state index contributed by atoms with van der Waals surface area (Å²) in [4.78, 5) is 24.5. The molecule has 21 heavy (non-hydrogen) atoms. The van der Waals surface area contributed by atoms with Crippen molar-refractivity contribution in [3.63, 3.8) is 0 Å². The summed E-state index contributed by atoms with van der Waals surface area (Å²) in [5.41, 5.74) is 1.14. The van der Waals surface area contributed by atoms with Crippen LogP contribution in [-0.4, -0.2) is 40.7 Å². The third-order valence-electron chi connectivity index (χ3n) is 3.51. The molecule has 1 fully saturated rings. The van der Waals surface area contributed by atoms with Crippen molar-refractivity contribution < 1.29 is 14.7 Å². The number of likely N-dealkylation sites (tertiary alicyclic amines) is 1. The van der Waals surface area contributed by atoms with Gasteiger partial charge >= 0.3 is 5.97 Å². The smallest absolute Gasteiger partial charge is 0.303 e. The van der Waals surface area contributed by atoms with Gasteiger partial charge in [0.2, 0.25) is 5.91 Å². The first kappa shape index (κ1) is 16.2. The summed E-state index contributed by atoms with van der Waals surface area (Å²) in [7, 11) is 0. The second-order valence-corrected chi connectivity index (χ2v) is 6.63. The van der Waals surface area contributed by atoms with E-state index in [1.54, 1.807) is 16.7 Å². The summed E-state index contributed by atoms with van der Waals surface area (Å²) >= 11 is 7.39. The van der Waals surface area contributed by atoms with Gasteiger partial charge in [0.05, 0.1) is 5.75 Å². The minimum absolute atomic E-state index is 0.0989. The van der Waals surface area contributed by atoms with Crippen LogP contribution in [0.1, 0.15) is 18.4 Å². The minimum atomic E-state index is -0.786. The Morgan fingerprint density at radius 2 is 2.05 bits per heavy atom. The molecule has 0 radical (unpaired) electrons. The maximum Gasteiger partial charge on any atom is 0.303 e. The Balaban J connectivity index is 1.70. The molecule has 1 aliphatic rings. The van der Waals surface area contributed by atoms with Gasteiger partial charge in [-0.05, 0) is 30.0 Å². The van der Waals surface area contributed by atoms with Crippen LogP contribution in [0.5, 0.6) is 0 Å². The maximum atomic E-state index is 12.1. The Labute approximate surface area is 133 Å². The van der Waals surface area contributed by atoms with Crippen LogP contribution >= 0.6 is 23.4 Å². The monoisotopic (exact) mass is 327 g/mol. The number of rotatable bonds is 6. The summed E-state index contributed by atoms with van der Waals surface area (Å²) in [5, 5.41) is 9.48. The van der Waals surface area contributed by atoms with Crippen LogP contribution in [0, 0.1) is 5.92 Å². The Bertz CT molecular complexity index is 506. The lowest BCUT2D eigenvalue weighted by molar-refractivity contribution is -0.138. The fourth-order valence-corrected chi connectivity index (χ4v) is 3.41. The van der Waals surface area contributed by atoms with Crippen molar-refractivity contribution in [3.8, 4) is 0 Å². The number of carbonyl (C=O) groups is 2. The van der Waals surface area contributed by atoms with Crippen LogP contribution < -0.4 is 0 Å². The highest BCUT2D eigenvalue weighted by molar-refractivity contribution is 7.99. The van der Waals surface area contributed by atoms with Gasteiger partial charge in [-0.25, -0.2) is 0 Å². The summed E-state index contributed by atoms with van der Waals surface area (Å²) in [6, 6.07) is 7.60. The molecule has 6 heteroatoms. The molecule has 0 spiro atoms. The largest absolute Gasteiger partial charge is 0.481 e. The van der Waals surface area contributed by atoms with E-state index < -0.39 is 5.97 Å². The Morgan fingerprint density at radius 3 is 2.71 bits per heavy atom. The Kier molecular flexibility index (Phi) is 5.94. The van der Waals surface area contributed by atoms with Crippen molar-refractivity contribution in [2.24, 2.45) is 5.92 Å². The lowest BCUT2D eigenvalue weighted by Gasteiger charge is -2.16. The molecule has 0 aromatic heterocycles. The number of thioether (sulfide) groups is 1. The van der Waals surface area contributed by atoms with Gasteiger partial charge in [-0.2, -0.15) is 0 Å². The van der Waals surface area contributed by atoms with Crippen molar-refractivity contribution in [2.45, 2.75) is 18.6 Å². The fraction of sp³-hybridized carbons (Fsp3) is 0.467. The SMILES string of the molecule is O=C(O)CC1CCN(C(=O)CSCc2ccc(Cl)cc2)C1. The van der Waals surface area contributed by atoms with Crippen molar-refractivity contribution in [1.82, 2.24) is 4.90 Å². The van der Waals surface area contributed by atoms with Gasteiger partial charge in [0.1, 0.15) is 0 Å². The van der Waals surface area contributed by atoms with Gasteiger partial charge in [-0.1, -0.05) is 23.7 Å². The highest BCUT2D eigenvalue weighted by atomic mass is 35.5. The van der Waals surface area contributed by atoms with Crippen LogP contribution in [0.25, 0.3) is 0 Å².